The molecule has 1 saturated heterocycles. The third-order valence-electron chi connectivity index (χ3n) is 3.91. The van der Waals surface area contributed by atoms with Crippen LogP contribution in [0.1, 0.15) is 37.3 Å². The number of nitrogens with one attached hydrogen (secondary N) is 1. The number of benzene rings is 1. The van der Waals surface area contributed by atoms with Crippen molar-refractivity contribution < 1.29 is 5.11 Å². The predicted molar refractivity (Wildman–Crippen MR) is 82.2 cm³/mol. The Morgan fingerprint density at radius 1 is 1.45 bits per heavy atom. The first-order valence-corrected chi connectivity index (χ1v) is 7.33. The summed E-state index contributed by atoms with van der Waals surface area (Å²) in [6.07, 6.45) is 2.63. The van der Waals surface area contributed by atoms with Crippen LogP contribution in [-0.4, -0.2) is 34.5 Å². The molecule has 1 aliphatic heterocycles. The number of hydrogen-bond acceptors (Lipinski definition) is 3. The minimum atomic E-state index is -0.545. The molecule has 20 heavy (non-hydrogen) atoms. The summed E-state index contributed by atoms with van der Waals surface area (Å²) < 4.78 is 0. The Morgan fingerprint density at radius 3 is 2.85 bits per heavy atom. The maximum Gasteiger partial charge on any atom is 0.122 e. The number of nitrogens with two attached hydrogens (primary N) is 1. The molecule has 1 aromatic carbocycles. The zero-order valence-electron chi connectivity index (χ0n) is 11.8. The van der Waals surface area contributed by atoms with E-state index in [0.717, 1.165) is 44.5 Å². The summed E-state index contributed by atoms with van der Waals surface area (Å²) in [5.74, 6) is 0.0317. The molecule has 0 amide bonds. The molecular weight excluding hydrogens is 274 g/mol. The lowest BCUT2D eigenvalue weighted by Crippen LogP contribution is -2.28. The number of rotatable bonds is 3. The molecular formula is C15H22ClN3O. The van der Waals surface area contributed by atoms with Crippen molar-refractivity contribution in [2.75, 3.05) is 13.1 Å². The SMILES string of the molecule is CC1(O)CCCN(Cc2ccc(C(=N)N)cc2Cl)CC1. The van der Waals surface area contributed by atoms with E-state index in [-0.39, 0.29) is 5.84 Å². The molecule has 5 heteroatoms. The summed E-state index contributed by atoms with van der Waals surface area (Å²) >= 11 is 6.26. The minimum absolute atomic E-state index is 0.0317. The van der Waals surface area contributed by atoms with Gasteiger partial charge in [-0.25, -0.2) is 0 Å². The highest BCUT2D eigenvalue weighted by Gasteiger charge is 2.25. The second-order valence-corrected chi connectivity index (χ2v) is 6.25. The number of amidine groups is 1. The van der Waals surface area contributed by atoms with Gasteiger partial charge in [0.2, 0.25) is 0 Å². The number of nitrogens with zero attached hydrogens (tertiary/aromatic N) is 1. The Balaban J connectivity index is 2.05. The average Bonchev–Trinajstić information content (AvgIpc) is 2.53. The van der Waals surface area contributed by atoms with Gasteiger partial charge in [0, 0.05) is 23.7 Å². The zero-order valence-corrected chi connectivity index (χ0v) is 12.6. The first-order chi connectivity index (χ1) is 9.37. The Bertz CT molecular complexity index is 502. The maximum absolute atomic E-state index is 10.1. The number of likely N-dealkylation sites (tertiary alicyclic amines) is 1. The van der Waals surface area contributed by atoms with E-state index in [2.05, 4.69) is 4.90 Å². The van der Waals surface area contributed by atoms with Gasteiger partial charge < -0.3 is 10.8 Å². The molecule has 110 valence electrons. The van der Waals surface area contributed by atoms with Gasteiger partial charge in [0.1, 0.15) is 5.84 Å². The van der Waals surface area contributed by atoms with Gasteiger partial charge in [0.25, 0.3) is 0 Å². The van der Waals surface area contributed by atoms with Gasteiger partial charge in [-0.3, -0.25) is 10.3 Å². The van der Waals surface area contributed by atoms with Crippen LogP contribution in [0.25, 0.3) is 0 Å². The van der Waals surface area contributed by atoms with Crippen LogP contribution in [0.4, 0.5) is 0 Å². The summed E-state index contributed by atoms with van der Waals surface area (Å²) in [6, 6.07) is 5.51. The van der Waals surface area contributed by atoms with Gasteiger partial charge in [0.15, 0.2) is 0 Å². The Hall–Kier alpha value is -1.10. The van der Waals surface area contributed by atoms with E-state index in [1.165, 1.54) is 0 Å². The highest BCUT2D eigenvalue weighted by molar-refractivity contribution is 6.31. The molecule has 4 N–H and O–H groups in total. The third kappa shape index (κ3) is 3.95. The molecule has 1 fully saturated rings. The number of hydrogen-bond donors (Lipinski definition) is 3. The van der Waals surface area contributed by atoms with Crippen LogP contribution in [0.5, 0.6) is 0 Å². The highest BCUT2D eigenvalue weighted by Crippen LogP contribution is 2.24. The van der Waals surface area contributed by atoms with Crippen molar-refractivity contribution in [3.63, 3.8) is 0 Å². The van der Waals surface area contributed by atoms with Crippen molar-refractivity contribution in [1.82, 2.24) is 4.90 Å². The van der Waals surface area contributed by atoms with Crippen molar-refractivity contribution in [2.24, 2.45) is 5.73 Å². The Kier molecular flexibility index (Phi) is 4.68. The largest absolute Gasteiger partial charge is 0.390 e. The fourth-order valence-electron chi connectivity index (χ4n) is 2.56. The topological polar surface area (TPSA) is 73.3 Å². The van der Waals surface area contributed by atoms with Crippen molar-refractivity contribution >= 4 is 17.4 Å². The Labute approximate surface area is 125 Å². The second kappa shape index (κ2) is 6.12. The molecule has 0 aromatic heterocycles. The maximum atomic E-state index is 10.1. The van der Waals surface area contributed by atoms with Gasteiger partial charge >= 0.3 is 0 Å². The van der Waals surface area contributed by atoms with E-state index in [9.17, 15) is 5.11 Å². The van der Waals surface area contributed by atoms with Gasteiger partial charge in [-0.15, -0.1) is 0 Å². The standard InChI is InChI=1S/C15H22ClN3O/c1-15(20)5-2-7-19(8-6-15)10-12-4-3-11(14(17)18)9-13(12)16/h3-4,9,20H,2,5-8,10H2,1H3,(H3,17,18). The molecule has 1 aliphatic rings. The van der Waals surface area contributed by atoms with Gasteiger partial charge in [0.05, 0.1) is 5.60 Å². The lowest BCUT2D eigenvalue weighted by Gasteiger charge is -2.23. The van der Waals surface area contributed by atoms with Gasteiger partial charge in [-0.2, -0.15) is 0 Å². The monoisotopic (exact) mass is 295 g/mol. The summed E-state index contributed by atoms with van der Waals surface area (Å²) in [6.45, 7) is 4.52. The van der Waals surface area contributed by atoms with Crippen LogP contribution in [0.15, 0.2) is 18.2 Å². The number of nitrogen functional groups attached to an aromatic ring is 1. The van der Waals surface area contributed by atoms with E-state index in [1.54, 1.807) is 6.07 Å². The molecule has 1 unspecified atom stereocenters. The van der Waals surface area contributed by atoms with Crippen molar-refractivity contribution in [2.45, 2.75) is 38.3 Å². The minimum Gasteiger partial charge on any atom is -0.390 e. The molecule has 1 aromatic rings. The molecule has 0 spiro atoms. The fraction of sp³-hybridized carbons (Fsp3) is 0.533. The van der Waals surface area contributed by atoms with E-state index in [1.807, 2.05) is 19.1 Å². The number of halogens is 1. The first kappa shape index (κ1) is 15.3. The van der Waals surface area contributed by atoms with Gasteiger partial charge in [-0.05, 0) is 44.4 Å². The summed E-state index contributed by atoms with van der Waals surface area (Å²) in [7, 11) is 0. The van der Waals surface area contributed by atoms with Crippen LogP contribution in [0, 0.1) is 5.41 Å². The third-order valence-corrected chi connectivity index (χ3v) is 4.27. The molecule has 0 saturated carbocycles. The van der Waals surface area contributed by atoms with E-state index in [0.29, 0.717) is 10.6 Å². The van der Waals surface area contributed by atoms with Crippen LogP contribution in [-0.2, 0) is 6.54 Å². The normalized spacial score (nSPS) is 24.4. The fourth-order valence-corrected chi connectivity index (χ4v) is 2.80. The molecule has 0 radical (unpaired) electrons. The van der Waals surface area contributed by atoms with Gasteiger partial charge in [-0.1, -0.05) is 23.7 Å². The van der Waals surface area contributed by atoms with Crippen LogP contribution < -0.4 is 5.73 Å². The van der Waals surface area contributed by atoms with Crippen molar-refractivity contribution in [3.05, 3.63) is 34.3 Å². The molecule has 0 aliphatic carbocycles. The van der Waals surface area contributed by atoms with E-state index < -0.39 is 5.60 Å². The highest BCUT2D eigenvalue weighted by atomic mass is 35.5. The Morgan fingerprint density at radius 2 is 2.20 bits per heavy atom. The summed E-state index contributed by atoms with van der Waals surface area (Å²) in [4.78, 5) is 2.32. The lowest BCUT2D eigenvalue weighted by atomic mass is 9.98. The van der Waals surface area contributed by atoms with Crippen LogP contribution in [0.2, 0.25) is 5.02 Å². The van der Waals surface area contributed by atoms with E-state index >= 15 is 0 Å². The molecule has 2 rings (SSSR count). The zero-order chi connectivity index (χ0) is 14.8. The van der Waals surface area contributed by atoms with Crippen LogP contribution in [0.3, 0.4) is 0 Å². The van der Waals surface area contributed by atoms with Crippen LogP contribution >= 0.6 is 11.6 Å². The van der Waals surface area contributed by atoms with Crippen molar-refractivity contribution in [1.29, 1.82) is 5.41 Å². The average molecular weight is 296 g/mol. The molecule has 0 bridgehead atoms. The summed E-state index contributed by atoms with van der Waals surface area (Å²) in [5.41, 5.74) is 6.60. The molecule has 4 nitrogen and oxygen atoms in total. The molecule has 1 atom stereocenters. The second-order valence-electron chi connectivity index (χ2n) is 5.85. The summed E-state index contributed by atoms with van der Waals surface area (Å²) in [5, 5.41) is 18.2. The quantitative estimate of drug-likeness (QED) is 0.592. The van der Waals surface area contributed by atoms with Crippen molar-refractivity contribution in [3.8, 4) is 0 Å². The lowest BCUT2D eigenvalue weighted by molar-refractivity contribution is 0.0444. The first-order valence-electron chi connectivity index (χ1n) is 6.95. The number of aliphatic hydroxyl groups is 1. The predicted octanol–water partition coefficient (Wildman–Crippen LogP) is 2.36. The smallest absolute Gasteiger partial charge is 0.122 e. The molecule has 1 heterocycles. The van der Waals surface area contributed by atoms with E-state index in [4.69, 9.17) is 22.7 Å².